The van der Waals surface area contributed by atoms with E-state index in [2.05, 4.69) is 14.9 Å². The Balaban J connectivity index is 0.000000201. The number of aromatic amines is 2. The summed E-state index contributed by atoms with van der Waals surface area (Å²) < 4.78 is 22.1. The van der Waals surface area contributed by atoms with Crippen molar-refractivity contribution in [1.29, 1.82) is 0 Å². The Bertz CT molecular complexity index is 2100. The molecular formula is C39H45N5O8. The molecule has 2 unspecified atom stereocenters. The number of methoxy groups -OCH3 is 4. The van der Waals surface area contributed by atoms with E-state index < -0.39 is 5.97 Å². The molecule has 1 aliphatic rings. The summed E-state index contributed by atoms with van der Waals surface area (Å²) in [6.45, 7) is 0. The second-order valence-electron chi connectivity index (χ2n) is 12.7. The molecule has 0 aliphatic heterocycles. The number of nitro groups is 1. The summed E-state index contributed by atoms with van der Waals surface area (Å²) >= 11 is 0. The first-order valence-corrected chi connectivity index (χ1v) is 16.6. The fourth-order valence-electron chi connectivity index (χ4n) is 7.07. The number of benzene rings is 3. The molecule has 13 nitrogen and oxygen atoms in total. The van der Waals surface area contributed by atoms with Gasteiger partial charge < -0.3 is 34.0 Å². The molecule has 2 aromatic heterocycles. The third kappa shape index (κ3) is 7.18. The van der Waals surface area contributed by atoms with Crippen molar-refractivity contribution in [3.8, 4) is 23.0 Å². The zero-order chi connectivity index (χ0) is 37.7. The first-order chi connectivity index (χ1) is 25.0. The average Bonchev–Trinajstić information content (AvgIpc) is 3.75. The number of H-pyrrole nitrogens is 2. The highest BCUT2D eigenvalue weighted by Gasteiger charge is 2.30. The number of carboxylic acid groups (broad SMARTS) is 1. The molecule has 13 heteroatoms. The number of allylic oxidation sites excluding steroid dienone is 1. The van der Waals surface area contributed by atoms with Crippen LogP contribution in [0.5, 0.6) is 23.0 Å². The molecule has 2 heterocycles. The number of ether oxygens (including phenoxy) is 4. The van der Waals surface area contributed by atoms with Crippen LogP contribution in [0.2, 0.25) is 0 Å². The Labute approximate surface area is 302 Å². The van der Waals surface area contributed by atoms with Gasteiger partial charge in [-0.3, -0.25) is 19.9 Å². The normalized spacial score (nSPS) is 13.5. The van der Waals surface area contributed by atoms with Gasteiger partial charge in [0, 0.05) is 52.8 Å². The number of carboxylic acids is 1. The van der Waals surface area contributed by atoms with Crippen LogP contribution in [-0.4, -0.2) is 92.4 Å². The summed E-state index contributed by atoms with van der Waals surface area (Å²) in [5.41, 5.74) is 7.16. The Hall–Kier alpha value is -5.79. The number of non-ortho nitro benzene ring substituents is 1. The number of nitro benzene ring substituents is 1. The highest BCUT2D eigenvalue weighted by Crippen LogP contribution is 2.44. The van der Waals surface area contributed by atoms with Gasteiger partial charge in [-0.25, -0.2) is 4.79 Å². The largest absolute Gasteiger partial charge is 0.493 e. The van der Waals surface area contributed by atoms with Crippen molar-refractivity contribution >= 4 is 22.6 Å². The van der Waals surface area contributed by atoms with E-state index in [0.717, 1.165) is 39.0 Å². The van der Waals surface area contributed by atoms with Crippen LogP contribution in [0.15, 0.2) is 78.6 Å². The molecule has 0 amide bonds. The Kier molecular flexibility index (Phi) is 11.6. The van der Waals surface area contributed by atoms with Gasteiger partial charge in [0.25, 0.3) is 5.69 Å². The van der Waals surface area contributed by atoms with E-state index in [1.165, 1.54) is 6.07 Å². The average molecular weight is 712 g/mol. The van der Waals surface area contributed by atoms with Crippen molar-refractivity contribution in [2.75, 3.05) is 56.6 Å². The second-order valence-corrected chi connectivity index (χ2v) is 12.7. The van der Waals surface area contributed by atoms with Crippen LogP contribution in [0.4, 0.5) is 5.69 Å². The molecule has 0 radical (unpaired) electrons. The van der Waals surface area contributed by atoms with Gasteiger partial charge in [-0.15, -0.1) is 0 Å². The molecular weight excluding hydrogens is 666 g/mol. The summed E-state index contributed by atoms with van der Waals surface area (Å²) in [4.78, 5) is 33.0. The summed E-state index contributed by atoms with van der Waals surface area (Å²) in [6, 6.07) is 16.3. The number of hydrogen-bond acceptors (Lipinski definition) is 9. The predicted octanol–water partition coefficient (Wildman–Crippen LogP) is 6.54. The van der Waals surface area contributed by atoms with E-state index in [1.807, 2.05) is 87.9 Å². The zero-order valence-electron chi connectivity index (χ0n) is 30.6. The van der Waals surface area contributed by atoms with E-state index in [9.17, 15) is 20.0 Å². The number of nitrogens with one attached hydrogen (secondary N) is 2. The minimum absolute atomic E-state index is 0.0418. The maximum atomic E-state index is 11.6. The minimum atomic E-state index is -0.856. The van der Waals surface area contributed by atoms with Crippen LogP contribution in [0.1, 0.15) is 45.6 Å². The Morgan fingerprint density at radius 2 is 1.31 bits per heavy atom. The maximum Gasteiger partial charge on any atom is 0.331 e. The van der Waals surface area contributed by atoms with Crippen molar-refractivity contribution in [3.05, 3.63) is 122 Å². The first kappa shape index (κ1) is 37.5. The summed E-state index contributed by atoms with van der Waals surface area (Å²) in [5, 5.41) is 21.4. The smallest absolute Gasteiger partial charge is 0.331 e. The number of fused-ring (bicyclic) bond motifs is 2. The van der Waals surface area contributed by atoms with Crippen LogP contribution >= 0.6 is 0 Å². The van der Waals surface area contributed by atoms with Crippen LogP contribution in [0, 0.1) is 10.1 Å². The van der Waals surface area contributed by atoms with E-state index in [1.54, 1.807) is 40.6 Å². The van der Waals surface area contributed by atoms with Gasteiger partial charge in [-0.05, 0) is 63.9 Å². The maximum absolute atomic E-state index is 11.6. The van der Waals surface area contributed by atoms with Crippen molar-refractivity contribution in [2.24, 2.45) is 0 Å². The van der Waals surface area contributed by atoms with Gasteiger partial charge in [0.1, 0.15) is 0 Å². The number of carbonyl (C=O) groups is 1. The molecule has 3 N–H and O–H groups in total. The molecule has 6 rings (SSSR count). The third-order valence-electron chi connectivity index (χ3n) is 9.30. The lowest BCUT2D eigenvalue weighted by Gasteiger charge is -2.28. The zero-order valence-corrected chi connectivity index (χ0v) is 30.6. The lowest BCUT2D eigenvalue weighted by Crippen LogP contribution is -2.23. The monoisotopic (exact) mass is 711 g/mol. The van der Waals surface area contributed by atoms with Gasteiger partial charge in [-0.1, -0.05) is 36.4 Å². The van der Waals surface area contributed by atoms with E-state index >= 15 is 0 Å². The van der Waals surface area contributed by atoms with Gasteiger partial charge in [0.2, 0.25) is 0 Å². The summed E-state index contributed by atoms with van der Waals surface area (Å²) in [6.07, 6.45) is 6.62. The molecule has 0 saturated carbocycles. The van der Waals surface area contributed by atoms with Crippen LogP contribution < -0.4 is 18.9 Å². The minimum Gasteiger partial charge on any atom is -0.493 e. The third-order valence-corrected chi connectivity index (χ3v) is 9.30. The van der Waals surface area contributed by atoms with Crippen molar-refractivity contribution in [3.63, 3.8) is 0 Å². The molecule has 0 saturated heterocycles. The Morgan fingerprint density at radius 3 is 1.81 bits per heavy atom. The number of rotatable bonds is 12. The predicted molar refractivity (Wildman–Crippen MR) is 199 cm³/mol. The van der Waals surface area contributed by atoms with E-state index in [0.29, 0.717) is 46.8 Å². The molecule has 0 bridgehead atoms. The highest BCUT2D eigenvalue weighted by atomic mass is 16.6. The number of para-hydroxylation sites is 2. The number of aliphatic carboxylic acids is 1. The van der Waals surface area contributed by atoms with Crippen molar-refractivity contribution < 1.29 is 33.8 Å². The molecule has 0 spiro atoms. The molecule has 5 aromatic rings. The first-order valence-electron chi connectivity index (χ1n) is 16.6. The lowest BCUT2D eigenvalue weighted by atomic mass is 9.89. The lowest BCUT2D eigenvalue weighted by molar-refractivity contribution is -0.383. The number of nitrogens with zero attached hydrogens (tertiary/aromatic N) is 3. The SMILES string of the molecule is COc1cccc(C(c2c[nH]c3c2CC=C(C(=O)O)C3)N(C)C)c1OC.COc1cccc(C(c2c[nH]c3cccc([N+](=O)[O-])c23)N(C)C)c1OC. The molecule has 2 atom stereocenters. The number of aromatic nitrogens is 2. The van der Waals surface area contributed by atoms with E-state index in [-0.39, 0.29) is 22.7 Å². The molecule has 52 heavy (non-hydrogen) atoms. The fraction of sp³-hybridized carbons (Fsp3) is 0.308. The molecule has 1 aliphatic carbocycles. The van der Waals surface area contributed by atoms with Gasteiger partial charge in [0.05, 0.1) is 56.3 Å². The van der Waals surface area contributed by atoms with Crippen LogP contribution in [0.3, 0.4) is 0 Å². The summed E-state index contributed by atoms with van der Waals surface area (Å²) in [7, 11) is 14.3. The topological polar surface area (TPSA) is 155 Å². The molecule has 0 fully saturated rings. The number of hydrogen-bond donors (Lipinski definition) is 3. The van der Waals surface area contributed by atoms with Gasteiger partial charge >= 0.3 is 5.97 Å². The summed E-state index contributed by atoms with van der Waals surface area (Å²) in [5.74, 6) is 1.77. The standard InChI is InChI=1S/C20H24N2O4.C19H21N3O4/c1-22(2)18(14-6-5-7-17(25-3)19(14)26-4)15-11-21-16-10-12(20(23)24)8-9-13(15)16;1-21(2)18(12-7-5-10-16(25-3)19(12)26-4)13-11-20-14-8-6-9-15(17(13)14)22(23)24/h5-8,11,18,21H,9-10H2,1-4H3,(H,23,24);5-11,18,20H,1-4H3. The van der Waals surface area contributed by atoms with Gasteiger partial charge in [-0.2, -0.15) is 0 Å². The highest BCUT2D eigenvalue weighted by molar-refractivity contribution is 5.92. The molecule has 274 valence electrons. The second kappa shape index (κ2) is 16.0. The van der Waals surface area contributed by atoms with E-state index in [4.69, 9.17) is 18.9 Å². The van der Waals surface area contributed by atoms with Crippen molar-refractivity contribution in [1.82, 2.24) is 19.8 Å². The van der Waals surface area contributed by atoms with Crippen LogP contribution in [-0.2, 0) is 17.6 Å². The van der Waals surface area contributed by atoms with Crippen molar-refractivity contribution in [2.45, 2.75) is 24.9 Å². The van der Waals surface area contributed by atoms with Gasteiger partial charge in [0.15, 0.2) is 23.0 Å². The fourth-order valence-corrected chi connectivity index (χ4v) is 7.07. The van der Waals surface area contributed by atoms with Crippen LogP contribution in [0.25, 0.3) is 10.9 Å². The molecule has 3 aromatic carbocycles. The quantitative estimate of drug-likeness (QED) is 0.0960. The Morgan fingerprint density at radius 1 is 0.769 bits per heavy atom.